The van der Waals surface area contributed by atoms with E-state index in [0.29, 0.717) is 5.92 Å². The molecule has 1 aliphatic carbocycles. The fourth-order valence-corrected chi connectivity index (χ4v) is 2.49. The lowest BCUT2D eigenvalue weighted by Crippen LogP contribution is -2.12. The second kappa shape index (κ2) is 3.92. The molecule has 0 spiro atoms. The maximum atomic E-state index is 9.81. The highest BCUT2D eigenvalue weighted by Gasteiger charge is 2.27. The number of hydrogen-bond donors (Lipinski definition) is 1. The lowest BCUT2D eigenvalue weighted by Gasteiger charge is -2.17. The smallest absolute Gasteiger partial charge is 0.0608 e. The average molecular weight is 211 g/mol. The van der Waals surface area contributed by atoms with Gasteiger partial charge in [0.15, 0.2) is 0 Å². The van der Waals surface area contributed by atoms with Gasteiger partial charge in [-0.2, -0.15) is 0 Å². The summed E-state index contributed by atoms with van der Waals surface area (Å²) < 4.78 is 0. The SMILES string of the molecule is Cc1ccc(Cl)cc1C1CCCC1O. The van der Waals surface area contributed by atoms with Crippen molar-refractivity contribution in [1.29, 1.82) is 0 Å². The van der Waals surface area contributed by atoms with Crippen LogP contribution >= 0.6 is 11.6 Å². The largest absolute Gasteiger partial charge is 0.392 e. The van der Waals surface area contributed by atoms with Crippen molar-refractivity contribution >= 4 is 11.6 Å². The van der Waals surface area contributed by atoms with Gasteiger partial charge in [-0.1, -0.05) is 24.1 Å². The van der Waals surface area contributed by atoms with Crippen molar-refractivity contribution in [3.05, 3.63) is 34.3 Å². The Balaban J connectivity index is 2.34. The molecule has 0 heterocycles. The maximum Gasteiger partial charge on any atom is 0.0608 e. The molecule has 1 N–H and O–H groups in total. The van der Waals surface area contributed by atoms with Crippen molar-refractivity contribution < 1.29 is 5.11 Å². The van der Waals surface area contributed by atoms with Gasteiger partial charge in [-0.25, -0.2) is 0 Å². The van der Waals surface area contributed by atoms with E-state index in [1.165, 1.54) is 11.1 Å². The van der Waals surface area contributed by atoms with Crippen LogP contribution in [-0.2, 0) is 0 Å². The van der Waals surface area contributed by atoms with Gasteiger partial charge in [0.2, 0.25) is 0 Å². The van der Waals surface area contributed by atoms with Gasteiger partial charge in [0.05, 0.1) is 6.10 Å². The van der Waals surface area contributed by atoms with Gasteiger partial charge in [-0.05, 0) is 43.0 Å². The Kier molecular flexibility index (Phi) is 2.80. The minimum absolute atomic E-state index is 0.174. The molecule has 2 rings (SSSR count). The molecule has 0 bridgehead atoms. The summed E-state index contributed by atoms with van der Waals surface area (Å²) in [6, 6.07) is 5.93. The summed E-state index contributed by atoms with van der Waals surface area (Å²) >= 11 is 5.96. The predicted molar refractivity (Wildman–Crippen MR) is 58.8 cm³/mol. The fourth-order valence-electron chi connectivity index (χ4n) is 2.31. The van der Waals surface area contributed by atoms with Crippen molar-refractivity contribution in [1.82, 2.24) is 0 Å². The van der Waals surface area contributed by atoms with Crippen molar-refractivity contribution in [2.75, 3.05) is 0 Å². The van der Waals surface area contributed by atoms with Gasteiger partial charge in [0.1, 0.15) is 0 Å². The average Bonchev–Trinajstić information content (AvgIpc) is 2.56. The van der Waals surface area contributed by atoms with E-state index in [2.05, 4.69) is 6.92 Å². The lowest BCUT2D eigenvalue weighted by molar-refractivity contribution is 0.163. The minimum atomic E-state index is -0.174. The molecule has 2 atom stereocenters. The van der Waals surface area contributed by atoms with Crippen molar-refractivity contribution in [2.45, 2.75) is 38.2 Å². The first-order chi connectivity index (χ1) is 6.68. The fraction of sp³-hybridized carbons (Fsp3) is 0.500. The molecule has 76 valence electrons. The van der Waals surface area contributed by atoms with Gasteiger partial charge in [0, 0.05) is 10.9 Å². The van der Waals surface area contributed by atoms with Gasteiger partial charge in [0.25, 0.3) is 0 Å². The van der Waals surface area contributed by atoms with E-state index in [1.807, 2.05) is 18.2 Å². The van der Waals surface area contributed by atoms with E-state index in [9.17, 15) is 5.11 Å². The highest BCUT2D eigenvalue weighted by atomic mass is 35.5. The molecule has 2 unspecified atom stereocenters. The van der Waals surface area contributed by atoms with Crippen molar-refractivity contribution in [3.8, 4) is 0 Å². The zero-order valence-corrected chi connectivity index (χ0v) is 9.09. The molecule has 1 nitrogen and oxygen atoms in total. The van der Waals surface area contributed by atoms with Crippen LogP contribution in [0.4, 0.5) is 0 Å². The highest BCUT2D eigenvalue weighted by molar-refractivity contribution is 6.30. The molecule has 0 aromatic heterocycles. The molecule has 1 saturated carbocycles. The third-order valence-electron chi connectivity index (χ3n) is 3.12. The van der Waals surface area contributed by atoms with Crippen LogP contribution in [0.25, 0.3) is 0 Å². The van der Waals surface area contributed by atoms with Crippen molar-refractivity contribution in [3.63, 3.8) is 0 Å². The summed E-state index contributed by atoms with van der Waals surface area (Å²) in [5.41, 5.74) is 2.46. The van der Waals surface area contributed by atoms with E-state index in [4.69, 9.17) is 11.6 Å². The molecular weight excluding hydrogens is 196 g/mol. The normalized spacial score (nSPS) is 26.8. The summed E-state index contributed by atoms with van der Waals surface area (Å²) in [6.07, 6.45) is 2.96. The van der Waals surface area contributed by atoms with Crippen LogP contribution in [0, 0.1) is 6.92 Å². The molecule has 0 saturated heterocycles. The summed E-state index contributed by atoms with van der Waals surface area (Å²) in [5, 5.41) is 10.6. The van der Waals surface area contributed by atoms with Crippen LogP contribution in [-0.4, -0.2) is 11.2 Å². The first-order valence-corrected chi connectivity index (χ1v) is 5.50. The summed E-state index contributed by atoms with van der Waals surface area (Å²) in [4.78, 5) is 0. The molecule has 1 fully saturated rings. The van der Waals surface area contributed by atoms with Gasteiger partial charge in [-0.15, -0.1) is 0 Å². The number of halogens is 1. The zero-order valence-electron chi connectivity index (χ0n) is 8.33. The second-order valence-electron chi connectivity index (χ2n) is 4.11. The minimum Gasteiger partial charge on any atom is -0.392 e. The van der Waals surface area contributed by atoms with Gasteiger partial charge < -0.3 is 5.11 Å². The Morgan fingerprint density at radius 1 is 1.36 bits per heavy atom. The standard InChI is InChI=1S/C12H15ClO/c1-8-5-6-9(13)7-11(8)10-3-2-4-12(10)14/h5-7,10,12,14H,2-4H2,1H3. The molecule has 0 aliphatic heterocycles. The number of rotatable bonds is 1. The molecule has 1 aliphatic rings. The van der Waals surface area contributed by atoms with E-state index in [0.717, 1.165) is 24.3 Å². The van der Waals surface area contributed by atoms with Crippen LogP contribution in [0.15, 0.2) is 18.2 Å². The highest BCUT2D eigenvalue weighted by Crippen LogP contribution is 2.36. The van der Waals surface area contributed by atoms with Crippen LogP contribution in [0.2, 0.25) is 5.02 Å². The van der Waals surface area contributed by atoms with E-state index in [-0.39, 0.29) is 6.10 Å². The molecule has 1 aromatic carbocycles. The molecule has 2 heteroatoms. The predicted octanol–water partition coefficient (Wildman–Crippen LogP) is 3.28. The summed E-state index contributed by atoms with van der Waals surface area (Å²) in [7, 11) is 0. The Hall–Kier alpha value is -0.530. The quantitative estimate of drug-likeness (QED) is 0.755. The number of benzene rings is 1. The van der Waals surface area contributed by atoms with E-state index >= 15 is 0 Å². The number of aliphatic hydroxyl groups is 1. The first-order valence-electron chi connectivity index (χ1n) is 5.12. The van der Waals surface area contributed by atoms with Crippen LogP contribution in [0.1, 0.15) is 36.3 Å². The Labute approximate surface area is 89.7 Å². The second-order valence-corrected chi connectivity index (χ2v) is 4.54. The van der Waals surface area contributed by atoms with Crippen molar-refractivity contribution in [2.24, 2.45) is 0 Å². The molecule has 14 heavy (non-hydrogen) atoms. The Bertz CT molecular complexity index is 335. The molecule has 0 radical (unpaired) electrons. The Morgan fingerprint density at radius 3 is 2.79 bits per heavy atom. The van der Waals surface area contributed by atoms with Crippen LogP contribution in [0.5, 0.6) is 0 Å². The molecular formula is C12H15ClO. The third-order valence-corrected chi connectivity index (χ3v) is 3.36. The Morgan fingerprint density at radius 2 is 2.14 bits per heavy atom. The summed E-state index contributed by atoms with van der Waals surface area (Å²) in [5.74, 6) is 0.300. The van der Waals surface area contributed by atoms with Gasteiger partial charge in [-0.3, -0.25) is 0 Å². The molecule has 1 aromatic rings. The number of hydrogen-bond acceptors (Lipinski definition) is 1. The number of aryl methyl sites for hydroxylation is 1. The van der Waals surface area contributed by atoms with E-state index in [1.54, 1.807) is 0 Å². The topological polar surface area (TPSA) is 20.2 Å². The first kappa shape index (κ1) is 10.0. The zero-order chi connectivity index (χ0) is 10.1. The van der Waals surface area contributed by atoms with Crippen LogP contribution < -0.4 is 0 Å². The molecule has 0 amide bonds. The summed E-state index contributed by atoms with van der Waals surface area (Å²) in [6.45, 7) is 2.08. The van der Waals surface area contributed by atoms with E-state index < -0.39 is 0 Å². The third kappa shape index (κ3) is 1.79. The van der Waals surface area contributed by atoms with Gasteiger partial charge >= 0.3 is 0 Å². The van der Waals surface area contributed by atoms with Crippen LogP contribution in [0.3, 0.4) is 0 Å². The maximum absolute atomic E-state index is 9.81. The number of aliphatic hydroxyl groups excluding tert-OH is 1. The monoisotopic (exact) mass is 210 g/mol. The lowest BCUT2D eigenvalue weighted by atomic mass is 9.92.